The van der Waals surface area contributed by atoms with E-state index >= 15 is 0 Å². The van der Waals surface area contributed by atoms with Crippen LogP contribution in [0.2, 0.25) is 0 Å². The van der Waals surface area contributed by atoms with Crippen molar-refractivity contribution in [3.63, 3.8) is 0 Å². The van der Waals surface area contributed by atoms with Crippen LogP contribution >= 0.6 is 0 Å². The number of amides is 1. The minimum Gasteiger partial charge on any atom is -0.493 e. The first kappa shape index (κ1) is 19.2. The van der Waals surface area contributed by atoms with Gasteiger partial charge < -0.3 is 19.5 Å². The number of nitrogens with one attached hydrogen (secondary N) is 1. The maximum atomic E-state index is 12.6. The van der Waals surface area contributed by atoms with E-state index in [4.69, 9.17) is 14.2 Å². The van der Waals surface area contributed by atoms with Crippen LogP contribution < -0.4 is 14.8 Å². The summed E-state index contributed by atoms with van der Waals surface area (Å²) in [4.78, 5) is 12.6. The second kappa shape index (κ2) is 9.42. The van der Waals surface area contributed by atoms with Crippen LogP contribution in [-0.2, 0) is 11.2 Å². The molecule has 5 nitrogen and oxygen atoms in total. The number of ether oxygens (including phenoxy) is 3. The van der Waals surface area contributed by atoms with E-state index < -0.39 is 0 Å². The van der Waals surface area contributed by atoms with Crippen molar-refractivity contribution in [2.75, 3.05) is 26.9 Å². The second-order valence-electron chi connectivity index (χ2n) is 6.59. The Morgan fingerprint density at radius 2 is 2.07 bits per heavy atom. The predicted molar refractivity (Wildman–Crippen MR) is 105 cm³/mol. The highest BCUT2D eigenvalue weighted by atomic mass is 16.5. The molecule has 5 heteroatoms. The molecule has 1 N–H and O–H groups in total. The standard InChI is InChI=1S/C22H27NO4/c1-3-4-12-26-19-10-9-17(14-20(19)25-2)22(24)23-15-21-18-8-6-5-7-16(18)11-13-27-21/h5-10,14,21H,3-4,11-13,15H2,1-2H3,(H,23,24). The molecule has 0 spiro atoms. The lowest BCUT2D eigenvalue weighted by Gasteiger charge is -2.26. The highest BCUT2D eigenvalue weighted by Crippen LogP contribution is 2.29. The van der Waals surface area contributed by atoms with Gasteiger partial charge in [0.05, 0.1) is 20.3 Å². The Kier molecular flexibility index (Phi) is 6.71. The first-order valence-electron chi connectivity index (χ1n) is 9.51. The molecule has 1 aliphatic heterocycles. The Balaban J connectivity index is 1.63. The Labute approximate surface area is 160 Å². The monoisotopic (exact) mass is 369 g/mol. The van der Waals surface area contributed by atoms with E-state index in [1.807, 2.05) is 12.1 Å². The Morgan fingerprint density at radius 1 is 1.22 bits per heavy atom. The van der Waals surface area contributed by atoms with Gasteiger partial charge in [-0.3, -0.25) is 4.79 Å². The molecule has 2 aromatic rings. The topological polar surface area (TPSA) is 56.8 Å². The minimum atomic E-state index is -0.153. The Hall–Kier alpha value is -2.53. The van der Waals surface area contributed by atoms with Crippen LogP contribution in [-0.4, -0.2) is 32.8 Å². The summed E-state index contributed by atoms with van der Waals surface area (Å²) in [5.74, 6) is 1.07. The summed E-state index contributed by atoms with van der Waals surface area (Å²) in [6.07, 6.45) is 2.85. The molecule has 0 fully saturated rings. The SMILES string of the molecule is CCCCOc1ccc(C(=O)NCC2OCCc3ccccc32)cc1OC. The quantitative estimate of drug-likeness (QED) is 0.717. The van der Waals surface area contributed by atoms with E-state index in [9.17, 15) is 4.79 Å². The van der Waals surface area contributed by atoms with Gasteiger partial charge in [-0.1, -0.05) is 37.6 Å². The molecule has 0 saturated heterocycles. The van der Waals surface area contributed by atoms with E-state index in [-0.39, 0.29) is 12.0 Å². The van der Waals surface area contributed by atoms with Crippen molar-refractivity contribution in [3.8, 4) is 11.5 Å². The molecule has 1 unspecified atom stereocenters. The summed E-state index contributed by atoms with van der Waals surface area (Å²) in [7, 11) is 1.58. The van der Waals surface area contributed by atoms with E-state index in [1.165, 1.54) is 5.56 Å². The zero-order valence-electron chi connectivity index (χ0n) is 16.0. The van der Waals surface area contributed by atoms with Gasteiger partial charge in [-0.25, -0.2) is 0 Å². The van der Waals surface area contributed by atoms with Gasteiger partial charge in [0.15, 0.2) is 11.5 Å². The van der Waals surface area contributed by atoms with Gasteiger partial charge >= 0.3 is 0 Å². The number of benzene rings is 2. The molecule has 0 aromatic heterocycles. The largest absolute Gasteiger partial charge is 0.493 e. The zero-order chi connectivity index (χ0) is 19.1. The van der Waals surface area contributed by atoms with Crippen molar-refractivity contribution < 1.29 is 19.0 Å². The van der Waals surface area contributed by atoms with E-state index in [0.29, 0.717) is 36.8 Å². The van der Waals surface area contributed by atoms with E-state index in [0.717, 1.165) is 24.8 Å². The first-order chi connectivity index (χ1) is 13.2. The number of unbranched alkanes of at least 4 members (excludes halogenated alkanes) is 1. The molecule has 3 rings (SSSR count). The number of methoxy groups -OCH3 is 1. The Bertz CT molecular complexity index is 775. The molecule has 2 aromatic carbocycles. The van der Waals surface area contributed by atoms with Gasteiger partial charge in [0, 0.05) is 12.1 Å². The number of rotatable bonds is 8. The molecular weight excluding hydrogens is 342 g/mol. The predicted octanol–water partition coefficient (Wildman–Crippen LogP) is 3.92. The first-order valence-corrected chi connectivity index (χ1v) is 9.51. The average molecular weight is 369 g/mol. The number of carbonyl (C=O) groups is 1. The van der Waals surface area contributed by atoms with E-state index in [2.05, 4.69) is 24.4 Å². The third-order valence-electron chi connectivity index (χ3n) is 4.72. The van der Waals surface area contributed by atoms with Crippen molar-refractivity contribution in [1.82, 2.24) is 5.32 Å². The summed E-state index contributed by atoms with van der Waals surface area (Å²) in [6, 6.07) is 13.5. The number of hydrogen-bond acceptors (Lipinski definition) is 4. The van der Waals surface area contributed by atoms with E-state index in [1.54, 1.807) is 25.3 Å². The van der Waals surface area contributed by atoms with Crippen LogP contribution in [0.1, 0.15) is 47.4 Å². The van der Waals surface area contributed by atoms with Gasteiger partial charge in [-0.15, -0.1) is 0 Å². The van der Waals surface area contributed by atoms with Crippen LogP contribution in [0.25, 0.3) is 0 Å². The maximum Gasteiger partial charge on any atom is 0.251 e. The molecule has 144 valence electrons. The summed E-state index contributed by atoms with van der Waals surface area (Å²) < 4.78 is 16.9. The van der Waals surface area contributed by atoms with Crippen molar-refractivity contribution in [1.29, 1.82) is 0 Å². The summed E-state index contributed by atoms with van der Waals surface area (Å²) in [5.41, 5.74) is 2.98. The fraction of sp³-hybridized carbons (Fsp3) is 0.409. The van der Waals surface area contributed by atoms with Crippen LogP contribution in [0.3, 0.4) is 0 Å². The van der Waals surface area contributed by atoms with Gasteiger partial charge in [-0.2, -0.15) is 0 Å². The van der Waals surface area contributed by atoms with Crippen LogP contribution in [0, 0.1) is 0 Å². The molecule has 1 heterocycles. The smallest absolute Gasteiger partial charge is 0.251 e. The van der Waals surface area contributed by atoms with Crippen LogP contribution in [0.5, 0.6) is 11.5 Å². The number of carbonyl (C=O) groups excluding carboxylic acids is 1. The molecule has 1 atom stereocenters. The maximum absolute atomic E-state index is 12.6. The second-order valence-corrected chi connectivity index (χ2v) is 6.59. The molecule has 0 radical (unpaired) electrons. The zero-order valence-corrected chi connectivity index (χ0v) is 16.0. The molecule has 1 aliphatic rings. The lowest BCUT2D eigenvalue weighted by atomic mass is 9.97. The van der Waals surface area contributed by atoms with Crippen molar-refractivity contribution in [2.24, 2.45) is 0 Å². The highest BCUT2D eigenvalue weighted by molar-refractivity contribution is 5.94. The van der Waals surface area contributed by atoms with Gasteiger partial charge in [0.1, 0.15) is 6.10 Å². The van der Waals surface area contributed by atoms with Gasteiger partial charge in [0.2, 0.25) is 0 Å². The van der Waals surface area contributed by atoms with Crippen molar-refractivity contribution >= 4 is 5.91 Å². The fourth-order valence-corrected chi connectivity index (χ4v) is 3.19. The summed E-state index contributed by atoms with van der Waals surface area (Å²) in [5, 5.41) is 2.97. The van der Waals surface area contributed by atoms with Crippen LogP contribution in [0.15, 0.2) is 42.5 Å². The van der Waals surface area contributed by atoms with Crippen LogP contribution in [0.4, 0.5) is 0 Å². The Morgan fingerprint density at radius 3 is 2.89 bits per heavy atom. The normalized spacial score (nSPS) is 15.7. The molecule has 27 heavy (non-hydrogen) atoms. The summed E-state index contributed by atoms with van der Waals surface area (Å²) >= 11 is 0. The molecule has 0 saturated carbocycles. The minimum absolute atomic E-state index is 0.113. The molecular formula is C22H27NO4. The van der Waals surface area contributed by atoms with Gasteiger partial charge in [-0.05, 0) is 42.2 Å². The van der Waals surface area contributed by atoms with Crippen molar-refractivity contribution in [2.45, 2.75) is 32.3 Å². The number of hydrogen-bond donors (Lipinski definition) is 1. The number of fused-ring (bicyclic) bond motifs is 1. The van der Waals surface area contributed by atoms with Gasteiger partial charge in [0.25, 0.3) is 5.91 Å². The molecule has 0 bridgehead atoms. The molecule has 0 aliphatic carbocycles. The molecule has 1 amide bonds. The third-order valence-corrected chi connectivity index (χ3v) is 4.72. The average Bonchev–Trinajstić information content (AvgIpc) is 2.72. The lowest BCUT2D eigenvalue weighted by molar-refractivity contribution is 0.0411. The highest BCUT2D eigenvalue weighted by Gasteiger charge is 2.21. The summed E-state index contributed by atoms with van der Waals surface area (Å²) in [6.45, 7) is 3.86. The lowest BCUT2D eigenvalue weighted by Crippen LogP contribution is -2.31. The third kappa shape index (κ3) is 4.80. The van der Waals surface area contributed by atoms with Crippen molar-refractivity contribution in [3.05, 3.63) is 59.2 Å². The fourth-order valence-electron chi connectivity index (χ4n) is 3.19.